The number of pyridine rings is 1. The van der Waals surface area contributed by atoms with Gasteiger partial charge in [-0.2, -0.15) is 0 Å². The van der Waals surface area contributed by atoms with Crippen molar-refractivity contribution in [3.05, 3.63) is 29.1 Å². The fourth-order valence-corrected chi connectivity index (χ4v) is 1.53. The highest BCUT2D eigenvalue weighted by Crippen LogP contribution is 2.22. The Morgan fingerprint density at radius 2 is 2.24 bits per heavy atom. The Morgan fingerprint density at radius 1 is 1.53 bits per heavy atom. The number of nitrogens with zero attached hydrogens (tertiary/aromatic N) is 1. The van der Waals surface area contributed by atoms with E-state index in [1.165, 1.54) is 12.1 Å². The first kappa shape index (κ1) is 13.8. The second-order valence-electron chi connectivity index (χ2n) is 3.26. The molecule has 94 valence electrons. The second-order valence-corrected chi connectivity index (χ2v) is 3.53. The highest BCUT2D eigenvalue weighted by Gasteiger charge is 2.16. The Kier molecular flexibility index (Phi) is 5.28. The molecule has 3 nitrogen and oxygen atoms in total. The fraction of sp³-hybridized carbons (Fsp3) is 0.455. The summed E-state index contributed by atoms with van der Waals surface area (Å²) >= 11 is 5.52. The first-order chi connectivity index (χ1) is 8.08. The molecule has 1 aromatic heterocycles. The van der Waals surface area contributed by atoms with Crippen LogP contribution >= 0.6 is 11.6 Å². The van der Waals surface area contributed by atoms with E-state index in [0.29, 0.717) is 0 Å². The number of hydrogen-bond acceptors (Lipinski definition) is 3. The molecule has 0 saturated carbocycles. The van der Waals surface area contributed by atoms with Crippen LogP contribution < -0.4 is 0 Å². The number of ether oxygens (including phenoxy) is 1. The third-order valence-corrected chi connectivity index (χ3v) is 2.34. The minimum atomic E-state index is -2.70. The SMILES string of the molecule is CCOC(=O)Cc1ccc(CCl)c(C(F)F)n1. The summed E-state index contributed by atoms with van der Waals surface area (Å²) in [5.74, 6) is -0.523. The third kappa shape index (κ3) is 3.93. The topological polar surface area (TPSA) is 39.2 Å². The van der Waals surface area contributed by atoms with Gasteiger partial charge in [-0.3, -0.25) is 9.78 Å². The van der Waals surface area contributed by atoms with Gasteiger partial charge in [0.25, 0.3) is 6.43 Å². The summed E-state index contributed by atoms with van der Waals surface area (Å²) in [7, 11) is 0. The van der Waals surface area contributed by atoms with Crippen LogP contribution in [0.2, 0.25) is 0 Å². The maximum Gasteiger partial charge on any atom is 0.311 e. The average molecular weight is 264 g/mol. The fourth-order valence-electron chi connectivity index (χ4n) is 1.31. The van der Waals surface area contributed by atoms with Crippen molar-refractivity contribution in [2.24, 2.45) is 0 Å². The van der Waals surface area contributed by atoms with Crippen LogP contribution in [-0.2, 0) is 21.8 Å². The molecule has 0 spiro atoms. The van der Waals surface area contributed by atoms with Crippen LogP contribution in [0.1, 0.15) is 30.3 Å². The lowest BCUT2D eigenvalue weighted by atomic mass is 10.1. The molecule has 0 radical (unpaired) electrons. The summed E-state index contributed by atoms with van der Waals surface area (Å²) in [5.41, 5.74) is 0.156. The highest BCUT2D eigenvalue weighted by molar-refractivity contribution is 6.17. The molecule has 0 unspecified atom stereocenters. The number of rotatable bonds is 5. The van der Waals surface area contributed by atoms with E-state index in [-0.39, 0.29) is 35.9 Å². The lowest BCUT2D eigenvalue weighted by Gasteiger charge is -2.08. The van der Waals surface area contributed by atoms with Gasteiger partial charge in [0.15, 0.2) is 0 Å². The second kappa shape index (κ2) is 6.49. The number of hydrogen-bond donors (Lipinski definition) is 0. The van der Waals surface area contributed by atoms with Crippen LogP contribution in [-0.4, -0.2) is 17.6 Å². The van der Waals surface area contributed by atoms with Crippen molar-refractivity contribution in [3.63, 3.8) is 0 Å². The number of carbonyl (C=O) groups is 1. The van der Waals surface area contributed by atoms with Crippen LogP contribution in [0.5, 0.6) is 0 Å². The van der Waals surface area contributed by atoms with Crippen molar-refractivity contribution in [1.82, 2.24) is 4.98 Å². The maximum atomic E-state index is 12.6. The number of halogens is 3. The molecule has 0 aliphatic carbocycles. The lowest BCUT2D eigenvalue weighted by molar-refractivity contribution is -0.142. The standard InChI is InChI=1S/C11H12ClF2NO2/c1-2-17-9(16)5-8-4-3-7(6-12)10(15-8)11(13)14/h3-4,11H,2,5-6H2,1H3. The summed E-state index contributed by atoms with van der Waals surface area (Å²) in [6.45, 7) is 1.92. The first-order valence-corrected chi connectivity index (χ1v) is 5.60. The number of aromatic nitrogens is 1. The Labute approximate surface area is 103 Å². The van der Waals surface area contributed by atoms with Crippen molar-refractivity contribution < 1.29 is 18.3 Å². The van der Waals surface area contributed by atoms with Crippen LogP contribution in [0.3, 0.4) is 0 Å². The van der Waals surface area contributed by atoms with E-state index in [9.17, 15) is 13.6 Å². The monoisotopic (exact) mass is 263 g/mol. The van der Waals surface area contributed by atoms with Gasteiger partial charge in [-0.15, -0.1) is 11.6 Å². The van der Waals surface area contributed by atoms with Crippen molar-refractivity contribution >= 4 is 17.6 Å². The molecule has 17 heavy (non-hydrogen) atoms. The quantitative estimate of drug-likeness (QED) is 0.606. The van der Waals surface area contributed by atoms with E-state index < -0.39 is 12.4 Å². The molecule has 1 rings (SSSR count). The number of alkyl halides is 3. The van der Waals surface area contributed by atoms with Crippen LogP contribution in [0, 0.1) is 0 Å². The molecule has 0 bridgehead atoms. The van der Waals surface area contributed by atoms with Gasteiger partial charge >= 0.3 is 5.97 Å². The Balaban J connectivity index is 2.88. The summed E-state index contributed by atoms with van der Waals surface area (Å²) in [6, 6.07) is 2.95. The van der Waals surface area contributed by atoms with E-state index in [1.54, 1.807) is 6.92 Å². The Bertz CT molecular complexity index is 399. The van der Waals surface area contributed by atoms with Crippen molar-refractivity contribution in [2.45, 2.75) is 25.7 Å². The predicted molar refractivity (Wildman–Crippen MR) is 59.1 cm³/mol. The van der Waals surface area contributed by atoms with E-state index in [0.717, 1.165) is 0 Å². The lowest BCUT2D eigenvalue weighted by Crippen LogP contribution is -2.10. The van der Waals surface area contributed by atoms with Crippen LogP contribution in [0.4, 0.5) is 8.78 Å². The van der Waals surface area contributed by atoms with Gasteiger partial charge in [0, 0.05) is 5.88 Å². The molecule has 0 aliphatic heterocycles. The van der Waals surface area contributed by atoms with Crippen LogP contribution in [0.15, 0.2) is 12.1 Å². The molecule has 0 fully saturated rings. The Morgan fingerprint density at radius 3 is 2.76 bits per heavy atom. The molecule has 0 aromatic carbocycles. The summed E-state index contributed by atoms with van der Waals surface area (Å²) in [5, 5.41) is 0. The average Bonchev–Trinajstić information content (AvgIpc) is 2.29. The minimum absolute atomic E-state index is 0.0354. The van der Waals surface area contributed by atoms with E-state index >= 15 is 0 Å². The molecule has 1 heterocycles. The maximum absolute atomic E-state index is 12.6. The predicted octanol–water partition coefficient (Wildman–Crippen LogP) is 2.86. The van der Waals surface area contributed by atoms with Crippen LogP contribution in [0.25, 0.3) is 0 Å². The smallest absolute Gasteiger partial charge is 0.311 e. The summed E-state index contributed by atoms with van der Waals surface area (Å²) in [4.78, 5) is 14.9. The van der Waals surface area contributed by atoms with Gasteiger partial charge in [0.05, 0.1) is 18.7 Å². The zero-order valence-electron chi connectivity index (χ0n) is 9.25. The van der Waals surface area contributed by atoms with Crippen molar-refractivity contribution in [1.29, 1.82) is 0 Å². The summed E-state index contributed by atoms with van der Waals surface area (Å²) in [6.07, 6.45) is -2.82. The molecule has 0 aliphatic rings. The van der Waals surface area contributed by atoms with E-state index in [4.69, 9.17) is 16.3 Å². The molecule has 0 atom stereocenters. The molecule has 1 aromatic rings. The van der Waals surface area contributed by atoms with Gasteiger partial charge < -0.3 is 4.74 Å². The molecule has 0 N–H and O–H groups in total. The van der Waals surface area contributed by atoms with E-state index in [1.807, 2.05) is 0 Å². The van der Waals surface area contributed by atoms with Crippen molar-refractivity contribution in [2.75, 3.05) is 6.61 Å². The zero-order chi connectivity index (χ0) is 12.8. The number of esters is 1. The normalized spacial score (nSPS) is 10.6. The van der Waals surface area contributed by atoms with Gasteiger partial charge in [0.1, 0.15) is 5.69 Å². The highest BCUT2D eigenvalue weighted by atomic mass is 35.5. The molecule has 0 amide bonds. The largest absolute Gasteiger partial charge is 0.466 e. The minimum Gasteiger partial charge on any atom is -0.466 e. The van der Waals surface area contributed by atoms with Gasteiger partial charge in [-0.05, 0) is 18.6 Å². The van der Waals surface area contributed by atoms with Gasteiger partial charge in [-0.25, -0.2) is 8.78 Å². The van der Waals surface area contributed by atoms with Crippen molar-refractivity contribution in [3.8, 4) is 0 Å². The first-order valence-electron chi connectivity index (χ1n) is 5.06. The third-order valence-electron chi connectivity index (χ3n) is 2.05. The molecular formula is C11H12ClF2NO2. The van der Waals surface area contributed by atoms with E-state index in [2.05, 4.69) is 4.98 Å². The number of carbonyl (C=O) groups excluding carboxylic acids is 1. The summed E-state index contributed by atoms with van der Waals surface area (Å²) < 4.78 is 30.0. The van der Waals surface area contributed by atoms with Gasteiger partial charge in [-0.1, -0.05) is 6.07 Å². The molecular weight excluding hydrogens is 252 g/mol. The molecule has 0 saturated heterocycles. The van der Waals surface area contributed by atoms with Gasteiger partial charge in [0.2, 0.25) is 0 Å². The molecule has 6 heteroatoms. The Hall–Kier alpha value is -1.23. The zero-order valence-corrected chi connectivity index (χ0v) is 10.0.